The fourth-order valence-corrected chi connectivity index (χ4v) is 0.905. The second-order valence-corrected chi connectivity index (χ2v) is 3.26. The summed E-state index contributed by atoms with van der Waals surface area (Å²) in [5.74, 6) is 0.542. The van der Waals surface area contributed by atoms with Gasteiger partial charge in [-0.2, -0.15) is 18.2 Å². The molecule has 0 bridgehead atoms. The van der Waals surface area contributed by atoms with Gasteiger partial charge in [-0.3, -0.25) is 0 Å². The second kappa shape index (κ2) is 5.26. The van der Waals surface area contributed by atoms with Crippen LogP contribution in [0.25, 0.3) is 0 Å². The summed E-state index contributed by atoms with van der Waals surface area (Å²) in [5, 5.41) is 3.54. The highest BCUT2D eigenvalue weighted by molar-refractivity contribution is 4.90. The summed E-state index contributed by atoms with van der Waals surface area (Å²) in [5.41, 5.74) is 5.46. The zero-order valence-corrected chi connectivity index (χ0v) is 8.62. The van der Waals surface area contributed by atoms with E-state index >= 15 is 0 Å². The van der Waals surface area contributed by atoms with E-state index in [1.165, 1.54) is 0 Å². The van der Waals surface area contributed by atoms with Crippen LogP contribution in [0.2, 0.25) is 0 Å². The largest absolute Gasteiger partial charge is 0.411 e. The Morgan fingerprint density at radius 2 is 2.19 bits per heavy atom. The van der Waals surface area contributed by atoms with E-state index in [1.54, 1.807) is 6.92 Å². The Morgan fingerprint density at radius 3 is 2.69 bits per heavy atom. The Balaban J connectivity index is 2.27. The minimum absolute atomic E-state index is 0.114. The van der Waals surface area contributed by atoms with Gasteiger partial charge in [0.2, 0.25) is 5.89 Å². The molecule has 0 aliphatic carbocycles. The molecular weight excluding hydrogens is 227 g/mol. The van der Waals surface area contributed by atoms with Crippen LogP contribution in [0, 0.1) is 0 Å². The van der Waals surface area contributed by atoms with Crippen molar-refractivity contribution in [1.82, 2.24) is 10.1 Å². The summed E-state index contributed by atoms with van der Waals surface area (Å²) < 4.78 is 44.3. The van der Waals surface area contributed by atoms with Gasteiger partial charge in [0.1, 0.15) is 6.61 Å². The van der Waals surface area contributed by atoms with E-state index in [4.69, 9.17) is 10.3 Å². The first-order valence-electron chi connectivity index (χ1n) is 4.61. The van der Waals surface area contributed by atoms with Gasteiger partial charge < -0.3 is 15.0 Å². The van der Waals surface area contributed by atoms with E-state index in [0.29, 0.717) is 0 Å². The summed E-state index contributed by atoms with van der Waals surface area (Å²) in [6.07, 6.45) is -4.15. The zero-order valence-electron chi connectivity index (χ0n) is 8.62. The van der Waals surface area contributed by atoms with Gasteiger partial charge in [-0.15, -0.1) is 0 Å². The van der Waals surface area contributed by atoms with Gasteiger partial charge in [-0.25, -0.2) is 0 Å². The van der Waals surface area contributed by atoms with Crippen molar-refractivity contribution in [3.63, 3.8) is 0 Å². The molecule has 5 nitrogen and oxygen atoms in total. The van der Waals surface area contributed by atoms with Crippen molar-refractivity contribution in [1.29, 1.82) is 0 Å². The van der Waals surface area contributed by atoms with Crippen molar-refractivity contribution < 1.29 is 22.4 Å². The maximum Gasteiger partial charge on any atom is 0.411 e. The van der Waals surface area contributed by atoms with Gasteiger partial charge in [-0.1, -0.05) is 5.16 Å². The lowest BCUT2D eigenvalue weighted by molar-refractivity contribution is -0.173. The minimum atomic E-state index is -4.31. The molecule has 0 saturated heterocycles. The SMILES string of the molecule is C[C@H](N)c1nc(CCOCC(F)(F)F)no1. The molecule has 0 unspecified atom stereocenters. The zero-order chi connectivity index (χ0) is 12.2. The number of nitrogens with zero attached hydrogens (tertiary/aromatic N) is 2. The predicted octanol–water partition coefficient (Wildman–Crippen LogP) is 1.21. The lowest BCUT2D eigenvalue weighted by atomic mass is 10.3. The molecule has 0 radical (unpaired) electrons. The van der Waals surface area contributed by atoms with Crippen LogP contribution in [0.4, 0.5) is 13.2 Å². The predicted molar refractivity (Wildman–Crippen MR) is 47.5 cm³/mol. The highest BCUT2D eigenvalue weighted by Crippen LogP contribution is 2.14. The summed E-state index contributed by atoms with van der Waals surface area (Å²) in [4.78, 5) is 3.88. The highest BCUT2D eigenvalue weighted by atomic mass is 19.4. The monoisotopic (exact) mass is 239 g/mol. The molecule has 0 saturated carbocycles. The molecule has 0 fully saturated rings. The molecule has 1 aromatic heterocycles. The number of hydrogen-bond donors (Lipinski definition) is 1. The van der Waals surface area contributed by atoms with Gasteiger partial charge in [0, 0.05) is 6.42 Å². The van der Waals surface area contributed by atoms with E-state index in [-0.39, 0.29) is 24.7 Å². The van der Waals surface area contributed by atoms with Crippen LogP contribution in [-0.2, 0) is 11.2 Å². The fraction of sp³-hybridized carbons (Fsp3) is 0.750. The number of hydrogen-bond acceptors (Lipinski definition) is 5. The molecule has 92 valence electrons. The first-order valence-corrected chi connectivity index (χ1v) is 4.61. The quantitative estimate of drug-likeness (QED) is 0.782. The molecule has 2 N–H and O–H groups in total. The Morgan fingerprint density at radius 1 is 1.50 bits per heavy atom. The van der Waals surface area contributed by atoms with Crippen molar-refractivity contribution in [2.45, 2.75) is 25.6 Å². The normalized spacial score (nSPS) is 14.1. The van der Waals surface area contributed by atoms with Crippen LogP contribution in [0.15, 0.2) is 4.52 Å². The molecule has 0 amide bonds. The third kappa shape index (κ3) is 4.58. The van der Waals surface area contributed by atoms with E-state index < -0.39 is 18.8 Å². The smallest absolute Gasteiger partial charge is 0.372 e. The number of aromatic nitrogens is 2. The molecular formula is C8H12F3N3O2. The van der Waals surface area contributed by atoms with Gasteiger partial charge in [0.15, 0.2) is 5.82 Å². The van der Waals surface area contributed by atoms with Crippen LogP contribution in [0.3, 0.4) is 0 Å². The Kier molecular flexibility index (Phi) is 4.25. The van der Waals surface area contributed by atoms with Crippen LogP contribution < -0.4 is 5.73 Å². The average Bonchev–Trinajstić information content (AvgIpc) is 2.59. The fourth-order valence-electron chi connectivity index (χ4n) is 0.905. The van der Waals surface area contributed by atoms with Crippen LogP contribution >= 0.6 is 0 Å². The standard InChI is InChI=1S/C8H12F3N3O2/c1-5(12)7-13-6(14-16-7)2-3-15-4-8(9,10)11/h5H,2-4,12H2,1H3/t5-/m0/s1. The van der Waals surface area contributed by atoms with Crippen molar-refractivity contribution in [2.75, 3.05) is 13.2 Å². The van der Waals surface area contributed by atoms with E-state index in [1.807, 2.05) is 0 Å². The summed E-state index contributed by atoms with van der Waals surface area (Å²) >= 11 is 0. The second-order valence-electron chi connectivity index (χ2n) is 3.26. The Hall–Kier alpha value is -1.15. The lowest BCUT2D eigenvalue weighted by Crippen LogP contribution is -2.18. The van der Waals surface area contributed by atoms with Crippen molar-refractivity contribution >= 4 is 0 Å². The highest BCUT2D eigenvalue weighted by Gasteiger charge is 2.27. The van der Waals surface area contributed by atoms with Crippen molar-refractivity contribution in [3.05, 3.63) is 11.7 Å². The number of ether oxygens (including phenoxy) is 1. The molecule has 8 heteroatoms. The number of nitrogens with two attached hydrogens (primary N) is 1. The molecule has 16 heavy (non-hydrogen) atoms. The van der Waals surface area contributed by atoms with E-state index in [2.05, 4.69) is 14.9 Å². The van der Waals surface area contributed by atoms with E-state index in [0.717, 1.165) is 0 Å². The van der Waals surface area contributed by atoms with Gasteiger partial charge in [0.05, 0.1) is 12.6 Å². The Labute approximate surface area is 89.8 Å². The molecule has 1 rings (SSSR count). The third-order valence-electron chi connectivity index (χ3n) is 1.61. The molecule has 0 aliphatic rings. The van der Waals surface area contributed by atoms with Gasteiger partial charge >= 0.3 is 6.18 Å². The molecule has 1 heterocycles. The molecule has 1 atom stereocenters. The average molecular weight is 239 g/mol. The third-order valence-corrected chi connectivity index (χ3v) is 1.61. The van der Waals surface area contributed by atoms with Crippen molar-refractivity contribution in [2.24, 2.45) is 5.73 Å². The van der Waals surface area contributed by atoms with Crippen LogP contribution in [0.1, 0.15) is 24.7 Å². The number of alkyl halides is 3. The minimum Gasteiger partial charge on any atom is -0.372 e. The molecule has 0 spiro atoms. The first kappa shape index (κ1) is 12.9. The lowest BCUT2D eigenvalue weighted by Gasteiger charge is -2.05. The summed E-state index contributed by atoms with van der Waals surface area (Å²) in [6.45, 7) is 0.278. The van der Waals surface area contributed by atoms with E-state index in [9.17, 15) is 13.2 Å². The maximum atomic E-state index is 11.7. The topological polar surface area (TPSA) is 74.2 Å². The maximum absolute atomic E-state index is 11.7. The Bertz CT molecular complexity index is 325. The molecule has 1 aromatic rings. The van der Waals surface area contributed by atoms with Crippen LogP contribution in [-0.4, -0.2) is 29.5 Å². The van der Waals surface area contributed by atoms with Crippen molar-refractivity contribution in [3.8, 4) is 0 Å². The summed E-state index contributed by atoms with van der Waals surface area (Å²) in [7, 11) is 0. The number of halogens is 3. The van der Waals surface area contributed by atoms with Gasteiger partial charge in [-0.05, 0) is 6.92 Å². The summed E-state index contributed by atoms with van der Waals surface area (Å²) in [6, 6.07) is -0.391. The van der Waals surface area contributed by atoms with Gasteiger partial charge in [0.25, 0.3) is 0 Å². The number of rotatable bonds is 5. The first-order chi connectivity index (χ1) is 7.38. The van der Waals surface area contributed by atoms with Crippen LogP contribution in [0.5, 0.6) is 0 Å². The molecule has 0 aromatic carbocycles. The molecule has 0 aliphatic heterocycles.